The van der Waals surface area contributed by atoms with E-state index in [4.69, 9.17) is 11.6 Å². The normalized spacial score (nSPS) is 11.4. The van der Waals surface area contributed by atoms with Gasteiger partial charge in [-0.3, -0.25) is 4.79 Å². The molecule has 0 fully saturated rings. The van der Waals surface area contributed by atoms with Gasteiger partial charge < -0.3 is 4.90 Å². The van der Waals surface area contributed by atoms with E-state index in [0.717, 1.165) is 7.05 Å². The zero-order valence-electron chi connectivity index (χ0n) is 14.2. The maximum Gasteiger partial charge on any atom is 0.406 e. The second-order valence-corrected chi connectivity index (χ2v) is 6.38. The van der Waals surface area contributed by atoms with Crippen LogP contribution in [0.5, 0.6) is 0 Å². The Morgan fingerprint density at radius 1 is 1.11 bits per heavy atom. The van der Waals surface area contributed by atoms with E-state index in [9.17, 15) is 18.0 Å². The van der Waals surface area contributed by atoms with Crippen molar-refractivity contribution in [3.8, 4) is 16.9 Å². The maximum atomic E-state index is 12.7. The molecular formula is C19H15ClF3N3O. The third kappa shape index (κ3) is 4.49. The molecule has 27 heavy (non-hydrogen) atoms. The first-order chi connectivity index (χ1) is 12.7. The summed E-state index contributed by atoms with van der Waals surface area (Å²) >= 11 is 5.89. The highest BCUT2D eigenvalue weighted by Crippen LogP contribution is 2.25. The van der Waals surface area contributed by atoms with E-state index < -0.39 is 18.6 Å². The summed E-state index contributed by atoms with van der Waals surface area (Å²) in [5.41, 5.74) is 1.76. The molecule has 4 nitrogen and oxygen atoms in total. The Morgan fingerprint density at radius 3 is 2.33 bits per heavy atom. The highest BCUT2D eigenvalue weighted by molar-refractivity contribution is 6.30. The minimum absolute atomic E-state index is 0.0397. The lowest BCUT2D eigenvalue weighted by molar-refractivity contribution is -0.138. The second-order valence-electron chi connectivity index (χ2n) is 5.95. The fraction of sp³-hybridized carbons (Fsp3) is 0.158. The average Bonchev–Trinajstić information content (AvgIpc) is 3.06. The quantitative estimate of drug-likeness (QED) is 0.637. The molecule has 2 aromatic carbocycles. The summed E-state index contributed by atoms with van der Waals surface area (Å²) in [6.07, 6.45) is -4.49. The second kappa shape index (κ2) is 7.44. The Bertz CT molecular complexity index is 937. The number of halogens is 4. The van der Waals surface area contributed by atoms with Gasteiger partial charge in [0.25, 0.3) is 5.91 Å². The van der Waals surface area contributed by atoms with E-state index in [-0.39, 0.29) is 5.69 Å². The number of carbonyl (C=O) groups excluding carboxylic acids is 1. The van der Waals surface area contributed by atoms with Crippen molar-refractivity contribution in [2.24, 2.45) is 0 Å². The molecule has 0 saturated carbocycles. The highest BCUT2D eigenvalue weighted by Gasteiger charge is 2.32. The molecule has 1 aromatic heterocycles. The summed E-state index contributed by atoms with van der Waals surface area (Å²) in [4.78, 5) is 13.3. The molecule has 0 aliphatic heterocycles. The molecule has 140 valence electrons. The van der Waals surface area contributed by atoms with E-state index in [1.165, 1.54) is 10.7 Å². The predicted octanol–water partition coefficient (Wildman–Crippen LogP) is 4.83. The first kappa shape index (κ1) is 19.0. The number of para-hydroxylation sites is 1. The van der Waals surface area contributed by atoms with Gasteiger partial charge in [-0.2, -0.15) is 18.3 Å². The molecule has 3 aromatic rings. The van der Waals surface area contributed by atoms with E-state index in [1.54, 1.807) is 54.6 Å². The van der Waals surface area contributed by atoms with Gasteiger partial charge in [0.15, 0.2) is 0 Å². The Kier molecular flexibility index (Phi) is 5.23. The van der Waals surface area contributed by atoms with Crippen LogP contribution < -0.4 is 0 Å². The third-order valence-electron chi connectivity index (χ3n) is 3.83. The summed E-state index contributed by atoms with van der Waals surface area (Å²) in [6.45, 7) is -1.35. The van der Waals surface area contributed by atoms with E-state index in [2.05, 4.69) is 5.10 Å². The molecule has 3 rings (SSSR count). The highest BCUT2D eigenvalue weighted by atomic mass is 35.5. The van der Waals surface area contributed by atoms with Crippen LogP contribution in [-0.4, -0.2) is 40.4 Å². The Balaban J connectivity index is 2.05. The van der Waals surface area contributed by atoms with Crippen molar-refractivity contribution in [2.75, 3.05) is 13.6 Å². The van der Waals surface area contributed by atoms with Crippen molar-refractivity contribution >= 4 is 17.5 Å². The van der Waals surface area contributed by atoms with Crippen LogP contribution in [-0.2, 0) is 0 Å². The van der Waals surface area contributed by atoms with Crippen LogP contribution in [0.4, 0.5) is 13.2 Å². The number of nitrogens with zero attached hydrogens (tertiary/aromatic N) is 3. The van der Waals surface area contributed by atoms with Crippen LogP contribution in [0.1, 0.15) is 10.5 Å². The van der Waals surface area contributed by atoms with Gasteiger partial charge in [0.1, 0.15) is 12.2 Å². The van der Waals surface area contributed by atoms with Crippen molar-refractivity contribution < 1.29 is 18.0 Å². The maximum absolute atomic E-state index is 12.7. The molecule has 0 saturated heterocycles. The molecule has 0 aliphatic carbocycles. The van der Waals surface area contributed by atoms with Crippen LogP contribution in [0, 0.1) is 0 Å². The predicted molar refractivity (Wildman–Crippen MR) is 97.0 cm³/mol. The molecule has 0 bridgehead atoms. The van der Waals surface area contributed by atoms with Crippen LogP contribution in [0.2, 0.25) is 5.02 Å². The smallest absolute Gasteiger partial charge is 0.331 e. The van der Waals surface area contributed by atoms with Crippen LogP contribution in [0.15, 0.2) is 60.7 Å². The van der Waals surface area contributed by atoms with Gasteiger partial charge in [-0.1, -0.05) is 41.9 Å². The van der Waals surface area contributed by atoms with Gasteiger partial charge in [0.05, 0.1) is 11.4 Å². The van der Waals surface area contributed by atoms with E-state index >= 15 is 0 Å². The molecule has 8 heteroatoms. The van der Waals surface area contributed by atoms with Crippen molar-refractivity contribution in [1.29, 1.82) is 0 Å². The zero-order chi connectivity index (χ0) is 19.6. The molecule has 1 heterocycles. The molecular weight excluding hydrogens is 379 g/mol. The largest absolute Gasteiger partial charge is 0.406 e. The van der Waals surface area contributed by atoms with Crippen LogP contribution in [0.3, 0.4) is 0 Å². The molecule has 0 N–H and O–H groups in total. The van der Waals surface area contributed by atoms with Crippen molar-refractivity contribution in [3.05, 3.63) is 71.4 Å². The number of carbonyl (C=O) groups is 1. The topological polar surface area (TPSA) is 38.1 Å². The monoisotopic (exact) mass is 393 g/mol. The van der Waals surface area contributed by atoms with Gasteiger partial charge in [-0.25, -0.2) is 4.68 Å². The van der Waals surface area contributed by atoms with Crippen molar-refractivity contribution in [2.45, 2.75) is 6.18 Å². The molecule has 0 spiro atoms. The summed E-state index contributed by atoms with van der Waals surface area (Å²) in [7, 11) is 1.11. The lowest BCUT2D eigenvalue weighted by atomic mass is 10.1. The first-order valence-electron chi connectivity index (χ1n) is 7.98. The summed E-state index contributed by atoms with van der Waals surface area (Å²) in [6, 6.07) is 17.0. The minimum Gasteiger partial charge on any atom is -0.331 e. The number of alkyl halides is 3. The molecule has 0 aliphatic rings. The fourth-order valence-corrected chi connectivity index (χ4v) is 2.72. The lowest BCUT2D eigenvalue weighted by Crippen LogP contribution is -2.36. The molecule has 0 unspecified atom stereocenters. The molecule has 0 radical (unpaired) electrons. The van der Waals surface area contributed by atoms with Crippen LogP contribution >= 0.6 is 11.6 Å². The minimum atomic E-state index is -4.49. The standard InChI is InChI=1S/C19H15ClF3N3O/c1-25(12-19(21,22)23)18(27)17-11-16(13-7-9-14(20)10-8-13)24-26(17)15-5-3-2-4-6-15/h2-11H,12H2,1H3. The number of hydrogen-bond donors (Lipinski definition) is 0. The van der Waals surface area contributed by atoms with Gasteiger partial charge >= 0.3 is 6.18 Å². The summed E-state index contributed by atoms with van der Waals surface area (Å²) in [5.74, 6) is -0.774. The fourth-order valence-electron chi connectivity index (χ4n) is 2.60. The molecule has 1 amide bonds. The summed E-state index contributed by atoms with van der Waals surface area (Å²) < 4.78 is 39.4. The third-order valence-corrected chi connectivity index (χ3v) is 4.08. The average molecular weight is 394 g/mol. The Labute approximate surface area is 158 Å². The Hall–Kier alpha value is -2.80. The number of amides is 1. The lowest BCUT2D eigenvalue weighted by Gasteiger charge is -2.19. The number of hydrogen-bond acceptors (Lipinski definition) is 2. The van der Waals surface area contributed by atoms with Crippen LogP contribution in [0.25, 0.3) is 16.9 Å². The van der Waals surface area contributed by atoms with Gasteiger partial charge in [0, 0.05) is 17.6 Å². The molecule has 0 atom stereocenters. The van der Waals surface area contributed by atoms with Gasteiger partial charge in [-0.15, -0.1) is 0 Å². The van der Waals surface area contributed by atoms with E-state index in [0.29, 0.717) is 26.9 Å². The van der Waals surface area contributed by atoms with E-state index in [1.807, 2.05) is 0 Å². The van der Waals surface area contributed by atoms with Crippen molar-refractivity contribution in [1.82, 2.24) is 14.7 Å². The number of benzene rings is 2. The van der Waals surface area contributed by atoms with Crippen molar-refractivity contribution in [3.63, 3.8) is 0 Å². The number of rotatable bonds is 4. The zero-order valence-corrected chi connectivity index (χ0v) is 15.0. The number of aromatic nitrogens is 2. The summed E-state index contributed by atoms with van der Waals surface area (Å²) in [5, 5.41) is 4.97. The van der Waals surface area contributed by atoms with Gasteiger partial charge in [0.2, 0.25) is 0 Å². The SMILES string of the molecule is CN(CC(F)(F)F)C(=O)c1cc(-c2ccc(Cl)cc2)nn1-c1ccccc1. The van der Waals surface area contributed by atoms with Gasteiger partial charge in [-0.05, 0) is 30.3 Å². The Morgan fingerprint density at radius 2 is 1.74 bits per heavy atom. The first-order valence-corrected chi connectivity index (χ1v) is 8.36.